The largest absolute Gasteiger partial charge is 0.279 e. The van der Waals surface area contributed by atoms with Crippen LogP contribution in [0.25, 0.3) is 10.4 Å². The SMILES string of the molecule is O=C(NNC(=O)c1ccc(-c2ccc(Cl)cc2)s1)c1ccc([N+](=O)[O-])cc1. The van der Waals surface area contributed by atoms with Gasteiger partial charge in [0.25, 0.3) is 17.5 Å². The molecule has 2 N–H and O–H groups in total. The first-order valence-electron chi connectivity index (χ1n) is 7.65. The van der Waals surface area contributed by atoms with Crippen molar-refractivity contribution >= 4 is 40.4 Å². The van der Waals surface area contributed by atoms with Gasteiger partial charge in [0.05, 0.1) is 9.80 Å². The third-order valence-electron chi connectivity index (χ3n) is 3.59. The number of nitro benzene ring substituents is 1. The molecule has 2 amide bonds. The van der Waals surface area contributed by atoms with Crippen LogP contribution in [0.1, 0.15) is 20.0 Å². The van der Waals surface area contributed by atoms with Gasteiger partial charge in [0.1, 0.15) is 0 Å². The van der Waals surface area contributed by atoms with Crippen LogP contribution in [0.3, 0.4) is 0 Å². The smallest absolute Gasteiger partial charge is 0.267 e. The Morgan fingerprint density at radius 1 is 0.889 bits per heavy atom. The summed E-state index contributed by atoms with van der Waals surface area (Å²) in [6, 6.07) is 15.7. The summed E-state index contributed by atoms with van der Waals surface area (Å²) in [5, 5.41) is 11.2. The zero-order chi connectivity index (χ0) is 19.4. The third-order valence-corrected chi connectivity index (χ3v) is 4.97. The predicted molar refractivity (Wildman–Crippen MR) is 103 cm³/mol. The minimum absolute atomic E-state index is 0.121. The molecule has 136 valence electrons. The van der Waals surface area contributed by atoms with Gasteiger partial charge in [-0.15, -0.1) is 11.3 Å². The Hall–Kier alpha value is -3.23. The Balaban J connectivity index is 1.61. The van der Waals surface area contributed by atoms with E-state index in [9.17, 15) is 19.7 Å². The van der Waals surface area contributed by atoms with Gasteiger partial charge < -0.3 is 0 Å². The molecule has 3 aromatic rings. The number of nitrogens with one attached hydrogen (secondary N) is 2. The van der Waals surface area contributed by atoms with Crippen LogP contribution in [-0.4, -0.2) is 16.7 Å². The number of non-ortho nitro benzene ring substituents is 1. The molecule has 0 radical (unpaired) electrons. The molecule has 0 saturated heterocycles. The zero-order valence-corrected chi connectivity index (χ0v) is 15.2. The maximum Gasteiger partial charge on any atom is 0.279 e. The van der Waals surface area contributed by atoms with Gasteiger partial charge in [0, 0.05) is 27.6 Å². The molecule has 1 heterocycles. The lowest BCUT2D eigenvalue weighted by Crippen LogP contribution is -2.41. The number of carbonyl (C=O) groups is 2. The summed E-state index contributed by atoms with van der Waals surface area (Å²) < 4.78 is 0. The monoisotopic (exact) mass is 401 g/mol. The molecular formula is C18H12ClN3O4S. The molecule has 27 heavy (non-hydrogen) atoms. The van der Waals surface area contributed by atoms with Crippen molar-refractivity contribution in [2.75, 3.05) is 0 Å². The highest BCUT2D eigenvalue weighted by atomic mass is 35.5. The van der Waals surface area contributed by atoms with E-state index >= 15 is 0 Å². The van der Waals surface area contributed by atoms with Gasteiger partial charge in [-0.3, -0.25) is 30.6 Å². The van der Waals surface area contributed by atoms with E-state index in [-0.39, 0.29) is 11.3 Å². The van der Waals surface area contributed by atoms with E-state index in [1.165, 1.54) is 35.6 Å². The minimum Gasteiger partial charge on any atom is -0.267 e. The van der Waals surface area contributed by atoms with E-state index in [2.05, 4.69) is 10.9 Å². The highest BCUT2D eigenvalue weighted by Gasteiger charge is 2.13. The summed E-state index contributed by atoms with van der Waals surface area (Å²) in [5.41, 5.74) is 5.61. The topological polar surface area (TPSA) is 101 Å². The molecule has 0 aliphatic carbocycles. The summed E-state index contributed by atoms with van der Waals surface area (Å²) in [6.07, 6.45) is 0. The van der Waals surface area contributed by atoms with Crippen molar-refractivity contribution in [2.24, 2.45) is 0 Å². The van der Waals surface area contributed by atoms with Crippen LogP contribution >= 0.6 is 22.9 Å². The lowest BCUT2D eigenvalue weighted by molar-refractivity contribution is -0.384. The maximum absolute atomic E-state index is 12.2. The summed E-state index contributed by atoms with van der Waals surface area (Å²) >= 11 is 7.14. The molecule has 1 aromatic heterocycles. The number of halogens is 1. The average molecular weight is 402 g/mol. The molecule has 0 fully saturated rings. The van der Waals surface area contributed by atoms with Crippen molar-refractivity contribution in [2.45, 2.75) is 0 Å². The molecule has 0 aliphatic heterocycles. The molecule has 0 saturated carbocycles. The molecule has 0 atom stereocenters. The van der Waals surface area contributed by atoms with Crippen LogP contribution in [-0.2, 0) is 0 Å². The number of carbonyl (C=O) groups excluding carboxylic acids is 2. The number of hydrazine groups is 1. The molecule has 0 unspecified atom stereocenters. The molecular weight excluding hydrogens is 390 g/mol. The van der Waals surface area contributed by atoms with Gasteiger partial charge in [-0.2, -0.15) is 0 Å². The Bertz CT molecular complexity index is 1000. The Labute approximate surface area is 162 Å². The first-order valence-corrected chi connectivity index (χ1v) is 8.84. The van der Waals surface area contributed by atoms with E-state index < -0.39 is 16.7 Å². The lowest BCUT2D eigenvalue weighted by Gasteiger charge is -2.06. The number of rotatable bonds is 4. The van der Waals surface area contributed by atoms with E-state index in [0.29, 0.717) is 9.90 Å². The highest BCUT2D eigenvalue weighted by molar-refractivity contribution is 7.17. The average Bonchev–Trinajstić information content (AvgIpc) is 3.16. The number of hydrogen-bond acceptors (Lipinski definition) is 5. The number of amides is 2. The maximum atomic E-state index is 12.2. The van der Waals surface area contributed by atoms with E-state index in [1.54, 1.807) is 24.3 Å². The quantitative estimate of drug-likeness (QED) is 0.508. The second-order valence-electron chi connectivity index (χ2n) is 5.38. The summed E-state index contributed by atoms with van der Waals surface area (Å²) in [7, 11) is 0. The fourth-order valence-corrected chi connectivity index (χ4v) is 3.24. The van der Waals surface area contributed by atoms with E-state index in [4.69, 9.17) is 11.6 Å². The van der Waals surface area contributed by atoms with Gasteiger partial charge in [-0.25, -0.2) is 0 Å². The number of benzene rings is 2. The summed E-state index contributed by atoms with van der Waals surface area (Å²) in [6.45, 7) is 0. The normalized spacial score (nSPS) is 10.3. The molecule has 0 bridgehead atoms. The minimum atomic E-state index is -0.576. The van der Waals surface area contributed by atoms with Gasteiger partial charge in [0.15, 0.2) is 0 Å². The van der Waals surface area contributed by atoms with Gasteiger partial charge in [-0.05, 0) is 42.0 Å². The van der Waals surface area contributed by atoms with Crippen LogP contribution in [0, 0.1) is 10.1 Å². The van der Waals surface area contributed by atoms with Gasteiger partial charge in [0.2, 0.25) is 0 Å². The van der Waals surface area contributed by atoms with Gasteiger partial charge in [-0.1, -0.05) is 23.7 Å². The Morgan fingerprint density at radius 3 is 2.15 bits per heavy atom. The van der Waals surface area contributed by atoms with Crippen LogP contribution in [0.5, 0.6) is 0 Å². The van der Waals surface area contributed by atoms with Crippen LogP contribution in [0.15, 0.2) is 60.7 Å². The van der Waals surface area contributed by atoms with Crippen molar-refractivity contribution in [1.82, 2.24) is 10.9 Å². The second-order valence-corrected chi connectivity index (χ2v) is 6.90. The van der Waals surface area contributed by atoms with Crippen molar-refractivity contribution in [3.63, 3.8) is 0 Å². The fraction of sp³-hybridized carbons (Fsp3) is 0. The predicted octanol–water partition coefficient (Wildman–Crippen LogP) is 4.05. The number of thiophene rings is 1. The molecule has 7 nitrogen and oxygen atoms in total. The van der Waals surface area contributed by atoms with Crippen molar-refractivity contribution in [3.05, 3.63) is 86.2 Å². The third kappa shape index (κ3) is 4.49. The zero-order valence-electron chi connectivity index (χ0n) is 13.6. The highest BCUT2D eigenvalue weighted by Crippen LogP contribution is 2.28. The molecule has 3 rings (SSSR count). The number of nitro groups is 1. The second kappa shape index (κ2) is 7.98. The first-order chi connectivity index (χ1) is 12.9. The fourth-order valence-electron chi connectivity index (χ4n) is 2.21. The molecule has 0 aliphatic rings. The van der Waals surface area contributed by atoms with Crippen LogP contribution in [0.2, 0.25) is 5.02 Å². The molecule has 0 spiro atoms. The van der Waals surface area contributed by atoms with E-state index in [1.807, 2.05) is 12.1 Å². The summed E-state index contributed by atoms with van der Waals surface area (Å²) in [4.78, 5) is 35.6. The standard InChI is InChI=1S/C18H12ClN3O4S/c19-13-5-1-11(2-6-13)15-9-10-16(27-15)18(24)21-20-17(23)12-3-7-14(8-4-12)22(25)26/h1-10H,(H,20,23)(H,21,24). The van der Waals surface area contributed by atoms with Crippen molar-refractivity contribution in [1.29, 1.82) is 0 Å². The number of nitrogens with zero attached hydrogens (tertiary/aromatic N) is 1. The molecule has 9 heteroatoms. The van der Waals surface area contributed by atoms with Crippen molar-refractivity contribution in [3.8, 4) is 10.4 Å². The Kier molecular flexibility index (Phi) is 5.49. The van der Waals surface area contributed by atoms with Crippen LogP contribution in [0.4, 0.5) is 5.69 Å². The molecule has 2 aromatic carbocycles. The van der Waals surface area contributed by atoms with Crippen LogP contribution < -0.4 is 10.9 Å². The van der Waals surface area contributed by atoms with Gasteiger partial charge >= 0.3 is 0 Å². The summed E-state index contributed by atoms with van der Waals surface area (Å²) in [5.74, 6) is -1.04. The first kappa shape index (κ1) is 18.6. The lowest BCUT2D eigenvalue weighted by atomic mass is 10.2. The number of hydrogen-bond donors (Lipinski definition) is 2. The van der Waals surface area contributed by atoms with E-state index in [0.717, 1.165) is 10.4 Å². The van der Waals surface area contributed by atoms with Crippen molar-refractivity contribution < 1.29 is 14.5 Å². The Morgan fingerprint density at radius 2 is 1.52 bits per heavy atom.